The van der Waals surface area contributed by atoms with Crippen LogP contribution in [-0.4, -0.2) is 26.1 Å². The number of carbonyl (C=O) groups excluding carboxylic acids is 1. The first-order valence-electron chi connectivity index (χ1n) is 18.8. The molecule has 0 spiro atoms. The minimum absolute atomic E-state index is 0. The van der Waals surface area contributed by atoms with Gasteiger partial charge in [0.25, 0.3) is 0 Å². The van der Waals surface area contributed by atoms with Crippen molar-refractivity contribution in [2.24, 2.45) is 16.7 Å². The quantitative estimate of drug-likeness (QED) is 0.0854. The number of aliphatic hydroxyl groups is 1. The van der Waals surface area contributed by atoms with Crippen LogP contribution in [0.4, 0.5) is 0 Å². The van der Waals surface area contributed by atoms with E-state index in [9.17, 15) is 9.90 Å². The summed E-state index contributed by atoms with van der Waals surface area (Å²) in [5.74, 6) is 1.41. The number of furan rings is 1. The summed E-state index contributed by atoms with van der Waals surface area (Å²) in [7, 11) is 0. The topological polar surface area (TPSA) is 76.2 Å². The number of rotatable bonds is 10. The Morgan fingerprint density at radius 3 is 2.23 bits per heavy atom. The Morgan fingerprint density at radius 2 is 1.63 bits per heavy atom. The average molecular weight is 918 g/mol. The number of thioether (sulfide) groups is 1. The van der Waals surface area contributed by atoms with E-state index in [1.54, 1.807) is 17.7 Å². The van der Waals surface area contributed by atoms with Crippen LogP contribution >= 0.6 is 23.1 Å². The van der Waals surface area contributed by atoms with Crippen LogP contribution in [0, 0.1) is 22.8 Å². The second kappa shape index (κ2) is 16.5. The summed E-state index contributed by atoms with van der Waals surface area (Å²) < 4.78 is 7.63. The third kappa shape index (κ3) is 8.11. The largest absolute Gasteiger partial charge is 0.512 e. The van der Waals surface area contributed by atoms with Gasteiger partial charge in [-0.05, 0) is 77.1 Å². The molecule has 0 saturated heterocycles. The average Bonchev–Trinajstić information content (AvgIpc) is 3.81. The van der Waals surface area contributed by atoms with Crippen LogP contribution < -0.4 is 0 Å². The fourth-order valence-corrected chi connectivity index (χ4v) is 9.50. The molecule has 0 aliphatic carbocycles. The van der Waals surface area contributed by atoms with Gasteiger partial charge in [0.15, 0.2) is 5.78 Å². The van der Waals surface area contributed by atoms with Gasteiger partial charge in [-0.25, -0.2) is 4.98 Å². The van der Waals surface area contributed by atoms with Crippen LogP contribution in [0.3, 0.4) is 0 Å². The number of allylic oxidation sites excluding steroid dienone is 2. The van der Waals surface area contributed by atoms with E-state index >= 15 is 0 Å². The summed E-state index contributed by atoms with van der Waals surface area (Å²) in [6.45, 7) is 25.9. The van der Waals surface area contributed by atoms with Gasteiger partial charge in [-0.15, -0.1) is 35.3 Å². The van der Waals surface area contributed by atoms with Crippen LogP contribution in [0.5, 0.6) is 0 Å². The number of hydrogen-bond acceptors (Lipinski definition) is 7. The maximum absolute atomic E-state index is 12.2. The summed E-state index contributed by atoms with van der Waals surface area (Å²) in [4.78, 5) is 23.0. The number of thiophene rings is 1. The van der Waals surface area contributed by atoms with E-state index in [1.165, 1.54) is 32.2 Å². The molecule has 2 aromatic carbocycles. The number of benzene rings is 2. The van der Waals surface area contributed by atoms with Crippen molar-refractivity contribution in [2.45, 2.75) is 137 Å². The first-order chi connectivity index (χ1) is 24.0. The van der Waals surface area contributed by atoms with E-state index < -0.39 is 0 Å². The van der Waals surface area contributed by atoms with Crippen LogP contribution in [-0.2, 0) is 30.3 Å². The first kappa shape index (κ1) is 42.2. The van der Waals surface area contributed by atoms with E-state index in [0.29, 0.717) is 22.8 Å². The SMILES string of the molecule is CC(C)CC1c2c(ccc3oc4ncnc(-c5[c-]c6ccsc6c(C(C)(C)C)c5)c4c23)SC1C.CCC(C)(CC)C(=O)/C=C(\O)C(C)(CC)CC.[Ir]. The number of nitrogens with zero attached hydrogens (tertiary/aromatic N) is 2. The zero-order valence-electron chi connectivity index (χ0n) is 33.1. The van der Waals surface area contributed by atoms with Gasteiger partial charge in [0.05, 0.1) is 0 Å². The van der Waals surface area contributed by atoms with Crippen LogP contribution in [0.2, 0.25) is 0 Å². The Labute approximate surface area is 333 Å². The van der Waals surface area contributed by atoms with Crippen molar-refractivity contribution in [3.63, 3.8) is 0 Å². The predicted octanol–water partition coefficient (Wildman–Crippen LogP) is 13.6. The van der Waals surface area contributed by atoms with Crippen LogP contribution in [0.1, 0.15) is 132 Å². The van der Waals surface area contributed by atoms with Crippen molar-refractivity contribution in [1.82, 2.24) is 9.97 Å². The fraction of sp³-hybridized carbons (Fsp3) is 0.523. The maximum Gasteiger partial charge on any atom is 0.223 e. The van der Waals surface area contributed by atoms with Gasteiger partial charge in [0.2, 0.25) is 5.71 Å². The molecule has 283 valence electrons. The molecule has 5 aromatic rings. The maximum atomic E-state index is 12.2. The smallest absolute Gasteiger partial charge is 0.223 e. The second-order valence-electron chi connectivity index (χ2n) is 16.4. The van der Waals surface area contributed by atoms with Gasteiger partial charge in [0.1, 0.15) is 17.7 Å². The Hall–Kier alpha value is -2.51. The van der Waals surface area contributed by atoms with E-state index in [4.69, 9.17) is 9.40 Å². The summed E-state index contributed by atoms with van der Waals surface area (Å²) in [5.41, 5.74) is 5.68. The monoisotopic (exact) mass is 918 g/mol. The van der Waals surface area contributed by atoms with Gasteiger partial charge < -0.3 is 9.52 Å². The zero-order chi connectivity index (χ0) is 37.5. The zero-order valence-corrected chi connectivity index (χ0v) is 37.1. The van der Waals surface area contributed by atoms with Gasteiger partial charge >= 0.3 is 0 Å². The Kier molecular flexibility index (Phi) is 13.4. The van der Waals surface area contributed by atoms with Gasteiger partial charge in [-0.3, -0.25) is 9.78 Å². The molecule has 0 fully saturated rings. The van der Waals surface area contributed by atoms with Crippen molar-refractivity contribution in [1.29, 1.82) is 0 Å². The number of hydrogen-bond donors (Lipinski definition) is 1. The van der Waals surface area contributed by atoms with Gasteiger partial charge in [0, 0.05) is 63.6 Å². The molecule has 0 saturated carbocycles. The molecule has 2 unspecified atom stereocenters. The molecule has 1 aliphatic rings. The van der Waals surface area contributed by atoms with Crippen molar-refractivity contribution in [2.75, 3.05) is 0 Å². The summed E-state index contributed by atoms with van der Waals surface area (Å²) in [6, 6.07) is 12.5. The first-order valence-corrected chi connectivity index (χ1v) is 20.5. The molecule has 0 amide bonds. The Morgan fingerprint density at radius 1 is 0.981 bits per heavy atom. The minimum Gasteiger partial charge on any atom is -0.512 e. The Bertz CT molecular complexity index is 2060. The van der Waals surface area contributed by atoms with Crippen molar-refractivity contribution >= 4 is 61.0 Å². The van der Waals surface area contributed by atoms with Crippen LogP contribution in [0.15, 0.2) is 57.1 Å². The number of aliphatic hydroxyl groups excluding tert-OH is 1. The molecule has 3 aromatic heterocycles. The molecular weight excluding hydrogens is 861 g/mol. The van der Waals surface area contributed by atoms with Crippen molar-refractivity contribution in [3.8, 4) is 11.3 Å². The van der Waals surface area contributed by atoms with E-state index in [-0.39, 0.29) is 47.9 Å². The van der Waals surface area contributed by atoms with E-state index in [1.807, 2.05) is 53.3 Å². The van der Waals surface area contributed by atoms with E-state index in [2.05, 4.69) is 82.2 Å². The standard InChI is InChI=1S/C29H29N2OS2.C15H28O2.Ir/c1-15(2)11-19-16(3)34-22-8-7-21-24(23(19)22)25-26(30-14-31-28(25)32-21)18-12-17-9-10-33-27(17)20(13-18)29(4,5)6;1-7-14(5,8-2)12(16)11-13(17)15(6,9-3)10-4;/h7-10,13-16,19H,11H2,1-6H3;11,16H,7-10H2,1-6H3;/q-1;;/b;12-11-;. The number of aromatic nitrogens is 2. The van der Waals surface area contributed by atoms with Crippen molar-refractivity contribution < 1.29 is 34.4 Å². The molecule has 2 atom stereocenters. The normalized spacial score (nSPS) is 16.7. The number of carbonyl (C=O) groups is 1. The molecule has 5 nitrogen and oxygen atoms in total. The molecule has 6 rings (SSSR count). The molecule has 52 heavy (non-hydrogen) atoms. The van der Waals surface area contributed by atoms with Gasteiger partial charge in [-0.2, -0.15) is 11.3 Å². The molecular formula is C44H57IrN2O3S2-. The predicted molar refractivity (Wildman–Crippen MR) is 218 cm³/mol. The second-order valence-corrected chi connectivity index (χ2v) is 18.7. The summed E-state index contributed by atoms with van der Waals surface area (Å²) in [5, 5.41) is 16.2. The minimum atomic E-state index is -0.337. The summed E-state index contributed by atoms with van der Waals surface area (Å²) >= 11 is 3.78. The number of ketones is 1. The van der Waals surface area contributed by atoms with Crippen LogP contribution in [0.25, 0.3) is 43.4 Å². The molecule has 8 heteroatoms. The summed E-state index contributed by atoms with van der Waals surface area (Å²) in [6.07, 6.45) is 7.55. The molecule has 1 aliphatic heterocycles. The number of fused-ring (bicyclic) bond motifs is 6. The molecule has 0 bridgehead atoms. The molecule has 4 heterocycles. The third-order valence-electron chi connectivity index (χ3n) is 11.5. The Balaban J connectivity index is 0.000000289. The molecule has 1 radical (unpaired) electrons. The van der Waals surface area contributed by atoms with Gasteiger partial charge in [-0.1, -0.05) is 94.2 Å². The molecule has 1 N–H and O–H groups in total. The van der Waals surface area contributed by atoms with Crippen molar-refractivity contribution in [3.05, 3.63) is 65.0 Å². The fourth-order valence-electron chi connectivity index (χ4n) is 7.08. The van der Waals surface area contributed by atoms with E-state index in [0.717, 1.165) is 59.7 Å². The third-order valence-corrected chi connectivity index (χ3v) is 13.8.